The van der Waals surface area contributed by atoms with E-state index in [-0.39, 0.29) is 18.2 Å². The lowest BCUT2D eigenvalue weighted by molar-refractivity contribution is -0.109. The van der Waals surface area contributed by atoms with Crippen molar-refractivity contribution in [2.24, 2.45) is 0 Å². The Bertz CT molecular complexity index is 269. The first kappa shape index (κ1) is 16.9. The molecule has 1 unspecified atom stereocenters. The molecular formula is C14H27NO3. The van der Waals surface area contributed by atoms with Gasteiger partial charge in [-0.1, -0.05) is 13.3 Å². The summed E-state index contributed by atoms with van der Waals surface area (Å²) in [6.45, 7) is 11.5. The van der Waals surface area contributed by atoms with E-state index >= 15 is 0 Å². The van der Waals surface area contributed by atoms with Gasteiger partial charge in [-0.05, 0) is 41.0 Å². The first-order valence-electron chi connectivity index (χ1n) is 6.67. The number of amides is 1. The summed E-state index contributed by atoms with van der Waals surface area (Å²) in [5, 5.41) is 0. The Labute approximate surface area is 111 Å². The molecule has 106 valence electrons. The van der Waals surface area contributed by atoms with Crippen molar-refractivity contribution in [1.82, 2.24) is 4.90 Å². The smallest absolute Gasteiger partial charge is 0.410 e. The maximum Gasteiger partial charge on any atom is 0.410 e. The first-order chi connectivity index (χ1) is 8.22. The molecule has 0 aromatic heterocycles. The monoisotopic (exact) mass is 257 g/mol. The van der Waals surface area contributed by atoms with Gasteiger partial charge in [0.05, 0.1) is 0 Å². The van der Waals surface area contributed by atoms with Crippen LogP contribution in [0.25, 0.3) is 0 Å². The van der Waals surface area contributed by atoms with Crippen LogP contribution < -0.4 is 0 Å². The van der Waals surface area contributed by atoms with E-state index in [4.69, 9.17) is 4.74 Å². The summed E-state index contributed by atoms with van der Waals surface area (Å²) in [6, 6.07) is -0.0429. The number of ether oxygens (including phenoxy) is 1. The lowest BCUT2D eigenvalue weighted by Crippen LogP contribution is -2.47. The molecule has 0 aliphatic heterocycles. The van der Waals surface area contributed by atoms with Crippen LogP contribution in [0.5, 0.6) is 0 Å². The van der Waals surface area contributed by atoms with E-state index in [1.165, 1.54) is 0 Å². The minimum atomic E-state index is -0.512. The van der Waals surface area contributed by atoms with Crippen LogP contribution in [0.2, 0.25) is 0 Å². The average Bonchev–Trinajstić information content (AvgIpc) is 2.14. The lowest BCUT2D eigenvalue weighted by atomic mass is 10.1. The highest BCUT2D eigenvalue weighted by Crippen LogP contribution is 2.18. The molecule has 0 bridgehead atoms. The third kappa shape index (κ3) is 6.03. The summed E-state index contributed by atoms with van der Waals surface area (Å²) >= 11 is 0. The first-order valence-corrected chi connectivity index (χ1v) is 6.67. The molecule has 4 nitrogen and oxygen atoms in total. The second kappa shape index (κ2) is 7.39. The van der Waals surface area contributed by atoms with Crippen molar-refractivity contribution < 1.29 is 14.3 Å². The van der Waals surface area contributed by atoms with E-state index in [1.807, 2.05) is 41.5 Å². The van der Waals surface area contributed by atoms with E-state index in [9.17, 15) is 9.59 Å². The minimum absolute atomic E-state index is 0.0244. The summed E-state index contributed by atoms with van der Waals surface area (Å²) < 4.78 is 5.41. The summed E-state index contributed by atoms with van der Waals surface area (Å²) in [4.78, 5) is 24.6. The van der Waals surface area contributed by atoms with Crippen LogP contribution in [0.3, 0.4) is 0 Å². The van der Waals surface area contributed by atoms with Gasteiger partial charge in [-0.3, -0.25) is 0 Å². The summed E-state index contributed by atoms with van der Waals surface area (Å²) in [6.07, 6.45) is 2.66. The molecule has 0 fully saturated rings. The van der Waals surface area contributed by atoms with Crippen molar-refractivity contribution >= 4 is 12.4 Å². The Morgan fingerprint density at radius 1 is 1.33 bits per heavy atom. The Kier molecular flexibility index (Phi) is 6.96. The fraction of sp³-hybridized carbons (Fsp3) is 0.857. The fourth-order valence-electron chi connectivity index (χ4n) is 1.91. The van der Waals surface area contributed by atoms with Crippen molar-refractivity contribution in [2.45, 2.75) is 78.5 Å². The molecule has 0 aromatic carbocycles. The van der Waals surface area contributed by atoms with Gasteiger partial charge < -0.3 is 14.4 Å². The number of rotatable bonds is 6. The van der Waals surface area contributed by atoms with E-state index in [1.54, 1.807) is 4.90 Å². The van der Waals surface area contributed by atoms with Crippen LogP contribution in [-0.2, 0) is 9.53 Å². The van der Waals surface area contributed by atoms with Gasteiger partial charge in [0.25, 0.3) is 0 Å². The summed E-state index contributed by atoms with van der Waals surface area (Å²) in [7, 11) is 0. The molecule has 0 aliphatic rings. The van der Waals surface area contributed by atoms with Crippen LogP contribution in [-0.4, -0.2) is 35.0 Å². The van der Waals surface area contributed by atoms with Gasteiger partial charge in [0.15, 0.2) is 0 Å². The molecule has 0 saturated heterocycles. The number of carbonyl (C=O) groups excluding carboxylic acids is 2. The summed E-state index contributed by atoms with van der Waals surface area (Å²) in [5.74, 6) is 0. The van der Waals surface area contributed by atoms with Crippen molar-refractivity contribution in [3.8, 4) is 0 Å². The highest BCUT2D eigenvalue weighted by atomic mass is 16.6. The Balaban J connectivity index is 4.90. The lowest BCUT2D eigenvalue weighted by Gasteiger charge is -2.35. The third-order valence-corrected chi connectivity index (χ3v) is 2.54. The third-order valence-electron chi connectivity index (χ3n) is 2.54. The second-order valence-electron chi connectivity index (χ2n) is 5.83. The van der Waals surface area contributed by atoms with Gasteiger partial charge >= 0.3 is 6.09 Å². The van der Waals surface area contributed by atoms with Crippen LogP contribution in [0.1, 0.15) is 60.8 Å². The Morgan fingerprint density at radius 2 is 1.89 bits per heavy atom. The molecule has 0 saturated carbocycles. The average molecular weight is 257 g/mol. The highest BCUT2D eigenvalue weighted by molar-refractivity contribution is 5.69. The van der Waals surface area contributed by atoms with Crippen molar-refractivity contribution in [3.63, 3.8) is 0 Å². The molecule has 0 spiro atoms. The number of nitrogens with zero attached hydrogens (tertiary/aromatic N) is 1. The molecule has 0 radical (unpaired) electrons. The van der Waals surface area contributed by atoms with Gasteiger partial charge in [-0.25, -0.2) is 4.79 Å². The standard InChI is InChI=1S/C14H27NO3/c1-7-8-12(9-10-16)15(11(2)3)13(17)18-14(4,5)6/h10-12H,7-9H2,1-6H3. The van der Waals surface area contributed by atoms with Gasteiger partial charge in [0, 0.05) is 18.5 Å². The number of aldehydes is 1. The number of hydrogen-bond acceptors (Lipinski definition) is 3. The molecule has 1 atom stereocenters. The molecule has 0 rings (SSSR count). The molecule has 0 N–H and O–H groups in total. The van der Waals surface area contributed by atoms with Crippen molar-refractivity contribution in [1.29, 1.82) is 0 Å². The van der Waals surface area contributed by atoms with Crippen LogP contribution in [0.4, 0.5) is 4.79 Å². The Hall–Kier alpha value is -1.06. The topological polar surface area (TPSA) is 46.6 Å². The van der Waals surface area contributed by atoms with Gasteiger partial charge in [0.1, 0.15) is 11.9 Å². The van der Waals surface area contributed by atoms with E-state index < -0.39 is 5.60 Å². The second-order valence-corrected chi connectivity index (χ2v) is 5.83. The maximum atomic E-state index is 12.2. The molecule has 0 aromatic rings. The maximum absolute atomic E-state index is 12.2. The normalized spacial score (nSPS) is 13.3. The molecule has 4 heteroatoms. The predicted molar refractivity (Wildman–Crippen MR) is 72.6 cm³/mol. The van der Waals surface area contributed by atoms with Gasteiger partial charge in [-0.2, -0.15) is 0 Å². The zero-order valence-corrected chi connectivity index (χ0v) is 12.5. The molecule has 0 aliphatic carbocycles. The van der Waals surface area contributed by atoms with Gasteiger partial charge in [-0.15, -0.1) is 0 Å². The largest absolute Gasteiger partial charge is 0.444 e. The van der Waals surface area contributed by atoms with Crippen LogP contribution >= 0.6 is 0 Å². The summed E-state index contributed by atoms with van der Waals surface area (Å²) in [5.41, 5.74) is -0.512. The minimum Gasteiger partial charge on any atom is -0.444 e. The van der Waals surface area contributed by atoms with Crippen molar-refractivity contribution in [2.75, 3.05) is 0 Å². The van der Waals surface area contributed by atoms with Crippen molar-refractivity contribution in [3.05, 3.63) is 0 Å². The zero-order chi connectivity index (χ0) is 14.3. The molecule has 18 heavy (non-hydrogen) atoms. The van der Waals surface area contributed by atoms with Crippen LogP contribution in [0.15, 0.2) is 0 Å². The number of carbonyl (C=O) groups is 2. The zero-order valence-electron chi connectivity index (χ0n) is 12.5. The van der Waals surface area contributed by atoms with Crippen LogP contribution in [0, 0.1) is 0 Å². The SMILES string of the molecule is CCCC(CC=O)N(C(=O)OC(C)(C)C)C(C)C. The molecular weight excluding hydrogens is 230 g/mol. The Morgan fingerprint density at radius 3 is 2.22 bits per heavy atom. The highest BCUT2D eigenvalue weighted by Gasteiger charge is 2.29. The predicted octanol–water partition coefficient (Wildman–Crippen LogP) is 3.39. The van der Waals surface area contributed by atoms with E-state index in [2.05, 4.69) is 0 Å². The van der Waals surface area contributed by atoms with E-state index in [0.29, 0.717) is 6.42 Å². The molecule has 1 amide bonds. The van der Waals surface area contributed by atoms with E-state index in [0.717, 1.165) is 19.1 Å². The molecule has 0 heterocycles. The number of hydrogen-bond donors (Lipinski definition) is 0. The van der Waals surface area contributed by atoms with Gasteiger partial charge in [0.2, 0.25) is 0 Å². The quantitative estimate of drug-likeness (QED) is 0.685. The fourth-order valence-corrected chi connectivity index (χ4v) is 1.91.